The molecule has 1 N–H and O–H groups in total. The highest BCUT2D eigenvalue weighted by molar-refractivity contribution is 5.91. The Balaban J connectivity index is 2.63. The summed E-state index contributed by atoms with van der Waals surface area (Å²) in [6.07, 6.45) is 1.00. The molecule has 0 radical (unpaired) electrons. The summed E-state index contributed by atoms with van der Waals surface area (Å²) in [5.41, 5.74) is 0.274. The molecular formula is C11H13N3O5. The molecule has 0 saturated carbocycles. The molecule has 1 aromatic rings. The minimum atomic E-state index is -0.550. The number of ether oxygens (including phenoxy) is 1. The van der Waals surface area contributed by atoms with E-state index in [9.17, 15) is 19.7 Å². The number of hydrogen-bond acceptors (Lipinski definition) is 6. The molecule has 1 amide bonds. The Morgan fingerprint density at radius 2 is 2.16 bits per heavy atom. The summed E-state index contributed by atoms with van der Waals surface area (Å²) >= 11 is 0. The summed E-state index contributed by atoms with van der Waals surface area (Å²) in [6.45, 7) is 1.55. The van der Waals surface area contributed by atoms with Gasteiger partial charge in [-0.05, 0) is 13.0 Å². The van der Waals surface area contributed by atoms with E-state index in [1.165, 1.54) is 13.2 Å². The summed E-state index contributed by atoms with van der Waals surface area (Å²) in [7, 11) is 1.24. The van der Waals surface area contributed by atoms with Crippen LogP contribution in [0.5, 0.6) is 0 Å². The van der Waals surface area contributed by atoms with Crippen molar-refractivity contribution in [3.05, 3.63) is 27.9 Å². The van der Waals surface area contributed by atoms with Crippen molar-refractivity contribution in [2.45, 2.75) is 19.8 Å². The zero-order chi connectivity index (χ0) is 14.4. The molecule has 0 saturated heterocycles. The van der Waals surface area contributed by atoms with Crippen LogP contribution in [-0.2, 0) is 14.3 Å². The first kappa shape index (κ1) is 14.6. The minimum Gasteiger partial charge on any atom is -0.469 e. The average molecular weight is 267 g/mol. The fourth-order valence-electron chi connectivity index (χ4n) is 1.33. The number of carbonyl (C=O) groups excluding carboxylic acids is 2. The molecule has 0 aliphatic heterocycles. The molecule has 102 valence electrons. The number of esters is 1. The number of nitrogens with zero attached hydrogens (tertiary/aromatic N) is 2. The molecule has 0 spiro atoms. The lowest BCUT2D eigenvalue weighted by Gasteiger charge is -2.05. The van der Waals surface area contributed by atoms with Crippen LogP contribution in [0.2, 0.25) is 0 Å². The average Bonchev–Trinajstić information content (AvgIpc) is 2.35. The molecule has 0 unspecified atom stereocenters. The van der Waals surface area contributed by atoms with Crippen LogP contribution < -0.4 is 5.32 Å². The number of methoxy groups -OCH3 is 1. The number of nitro groups is 1. The lowest BCUT2D eigenvalue weighted by atomic mass is 10.2. The number of pyridine rings is 1. The molecule has 0 aromatic carbocycles. The third kappa shape index (κ3) is 4.34. The van der Waals surface area contributed by atoms with Crippen LogP contribution in [0.1, 0.15) is 18.4 Å². The number of anilines is 1. The van der Waals surface area contributed by atoms with E-state index in [-0.39, 0.29) is 24.3 Å². The second-order valence-electron chi connectivity index (χ2n) is 3.74. The Morgan fingerprint density at radius 3 is 2.68 bits per heavy atom. The Kier molecular flexibility index (Phi) is 4.92. The van der Waals surface area contributed by atoms with Crippen LogP contribution in [0.15, 0.2) is 12.3 Å². The predicted molar refractivity (Wildman–Crippen MR) is 65.5 cm³/mol. The minimum absolute atomic E-state index is 0.0334. The molecule has 0 fully saturated rings. The van der Waals surface area contributed by atoms with Crippen molar-refractivity contribution in [3.8, 4) is 0 Å². The lowest BCUT2D eigenvalue weighted by Crippen LogP contribution is -2.15. The molecule has 0 aliphatic rings. The standard InChI is InChI=1S/C11H13N3O5/c1-7-5-9(12-6-8(7)14(17)18)13-10(15)3-4-11(16)19-2/h5-6H,3-4H2,1-2H3,(H,12,13,15). The van der Waals surface area contributed by atoms with E-state index >= 15 is 0 Å². The van der Waals surface area contributed by atoms with E-state index in [0.29, 0.717) is 5.56 Å². The fraction of sp³-hybridized carbons (Fsp3) is 0.364. The highest BCUT2D eigenvalue weighted by atomic mass is 16.6. The van der Waals surface area contributed by atoms with Gasteiger partial charge in [-0.2, -0.15) is 0 Å². The summed E-state index contributed by atoms with van der Waals surface area (Å²) in [5, 5.41) is 13.0. The fourth-order valence-corrected chi connectivity index (χ4v) is 1.33. The van der Waals surface area contributed by atoms with Gasteiger partial charge in [0.2, 0.25) is 5.91 Å². The number of aromatic nitrogens is 1. The summed E-state index contributed by atoms with van der Waals surface area (Å²) < 4.78 is 4.40. The topological polar surface area (TPSA) is 111 Å². The molecule has 19 heavy (non-hydrogen) atoms. The van der Waals surface area contributed by atoms with Crippen molar-refractivity contribution in [3.63, 3.8) is 0 Å². The van der Waals surface area contributed by atoms with Crippen molar-refractivity contribution < 1.29 is 19.2 Å². The van der Waals surface area contributed by atoms with Gasteiger partial charge in [-0.3, -0.25) is 19.7 Å². The largest absolute Gasteiger partial charge is 0.469 e. The molecule has 1 rings (SSSR count). The quantitative estimate of drug-likeness (QED) is 0.487. The van der Waals surface area contributed by atoms with Crippen LogP contribution in [0.3, 0.4) is 0 Å². The van der Waals surface area contributed by atoms with Crippen LogP contribution in [0.4, 0.5) is 11.5 Å². The highest BCUT2D eigenvalue weighted by Crippen LogP contribution is 2.18. The van der Waals surface area contributed by atoms with Gasteiger partial charge in [0.25, 0.3) is 5.69 Å². The van der Waals surface area contributed by atoms with Gasteiger partial charge in [0.1, 0.15) is 12.0 Å². The van der Waals surface area contributed by atoms with E-state index < -0.39 is 16.8 Å². The Labute approximate surface area is 108 Å². The first-order valence-corrected chi connectivity index (χ1v) is 5.41. The second-order valence-corrected chi connectivity index (χ2v) is 3.74. The van der Waals surface area contributed by atoms with E-state index in [2.05, 4.69) is 15.0 Å². The van der Waals surface area contributed by atoms with Gasteiger partial charge in [-0.25, -0.2) is 4.98 Å². The highest BCUT2D eigenvalue weighted by Gasteiger charge is 2.13. The van der Waals surface area contributed by atoms with Crippen molar-refractivity contribution in [1.82, 2.24) is 4.98 Å². The van der Waals surface area contributed by atoms with Gasteiger partial charge < -0.3 is 10.1 Å². The molecule has 0 aliphatic carbocycles. The van der Waals surface area contributed by atoms with E-state index in [1.807, 2.05) is 0 Å². The first-order valence-electron chi connectivity index (χ1n) is 5.41. The third-order valence-corrected chi connectivity index (χ3v) is 2.33. The second kappa shape index (κ2) is 6.43. The maximum atomic E-state index is 11.5. The summed E-state index contributed by atoms with van der Waals surface area (Å²) in [4.78, 5) is 36.1. The monoisotopic (exact) mass is 267 g/mol. The normalized spacial score (nSPS) is 9.79. The first-order chi connectivity index (χ1) is 8.93. The van der Waals surface area contributed by atoms with E-state index in [4.69, 9.17) is 0 Å². The molecule has 0 atom stereocenters. The van der Waals surface area contributed by atoms with Gasteiger partial charge >= 0.3 is 5.97 Å². The zero-order valence-corrected chi connectivity index (χ0v) is 10.5. The number of hydrogen-bond donors (Lipinski definition) is 1. The van der Waals surface area contributed by atoms with Gasteiger partial charge in [0, 0.05) is 12.0 Å². The van der Waals surface area contributed by atoms with Crippen LogP contribution >= 0.6 is 0 Å². The molecule has 1 aromatic heterocycles. The Morgan fingerprint density at radius 1 is 1.47 bits per heavy atom. The van der Waals surface area contributed by atoms with Crippen LogP contribution in [0, 0.1) is 17.0 Å². The van der Waals surface area contributed by atoms with Crippen molar-refractivity contribution in [2.24, 2.45) is 0 Å². The molecule has 1 heterocycles. The lowest BCUT2D eigenvalue weighted by molar-refractivity contribution is -0.385. The summed E-state index contributed by atoms with van der Waals surface area (Å²) in [6, 6.07) is 1.40. The number of aryl methyl sites for hydroxylation is 1. The van der Waals surface area contributed by atoms with E-state index in [0.717, 1.165) is 6.20 Å². The third-order valence-electron chi connectivity index (χ3n) is 2.33. The van der Waals surface area contributed by atoms with Crippen molar-refractivity contribution in [2.75, 3.05) is 12.4 Å². The van der Waals surface area contributed by atoms with Crippen molar-refractivity contribution in [1.29, 1.82) is 0 Å². The molecule has 8 nitrogen and oxygen atoms in total. The predicted octanol–water partition coefficient (Wildman–Crippen LogP) is 1.19. The smallest absolute Gasteiger partial charge is 0.306 e. The maximum Gasteiger partial charge on any atom is 0.306 e. The maximum absolute atomic E-state index is 11.5. The van der Waals surface area contributed by atoms with Crippen molar-refractivity contribution >= 4 is 23.4 Å². The van der Waals surface area contributed by atoms with Gasteiger partial charge in [0.05, 0.1) is 18.5 Å². The number of nitrogens with one attached hydrogen (secondary N) is 1. The molecule has 0 bridgehead atoms. The number of carbonyl (C=O) groups is 2. The van der Waals surface area contributed by atoms with Gasteiger partial charge in [0.15, 0.2) is 0 Å². The van der Waals surface area contributed by atoms with Gasteiger partial charge in [-0.15, -0.1) is 0 Å². The number of rotatable bonds is 5. The van der Waals surface area contributed by atoms with Gasteiger partial charge in [-0.1, -0.05) is 0 Å². The SMILES string of the molecule is COC(=O)CCC(=O)Nc1cc(C)c([N+](=O)[O-])cn1. The van der Waals surface area contributed by atoms with Crippen LogP contribution in [-0.4, -0.2) is 28.9 Å². The number of amides is 1. The van der Waals surface area contributed by atoms with E-state index in [1.54, 1.807) is 6.92 Å². The summed E-state index contributed by atoms with van der Waals surface area (Å²) in [5.74, 6) is -0.688. The molecular weight excluding hydrogens is 254 g/mol. The molecule has 8 heteroatoms. The Bertz CT molecular complexity index is 515. The zero-order valence-electron chi connectivity index (χ0n) is 10.5. The van der Waals surface area contributed by atoms with Crippen LogP contribution in [0.25, 0.3) is 0 Å². The Hall–Kier alpha value is -2.51.